The molecule has 0 aromatic carbocycles. The van der Waals surface area contributed by atoms with Gasteiger partial charge in [-0.2, -0.15) is 0 Å². The van der Waals surface area contributed by atoms with Crippen molar-refractivity contribution in [2.45, 2.75) is 285 Å². The van der Waals surface area contributed by atoms with Gasteiger partial charge in [-0.25, -0.2) is 9.59 Å². The summed E-state index contributed by atoms with van der Waals surface area (Å²) in [4.78, 5) is 59.6. The van der Waals surface area contributed by atoms with Gasteiger partial charge >= 0.3 is 11.4 Å². The van der Waals surface area contributed by atoms with Crippen LogP contribution in [0, 0.1) is 0 Å². The minimum absolute atomic E-state index is 0.0529. The summed E-state index contributed by atoms with van der Waals surface area (Å²) in [6.07, 6.45) is 47.2. The fourth-order valence-electron chi connectivity index (χ4n) is 10.4. The van der Waals surface area contributed by atoms with Crippen LogP contribution in [0.4, 0.5) is 0 Å². The van der Waals surface area contributed by atoms with Gasteiger partial charge in [-0.3, -0.25) is 18.7 Å². The Balaban J connectivity index is 1.71. The highest BCUT2D eigenvalue weighted by Crippen LogP contribution is 2.14. The monoisotopic (exact) mass is 951 g/mol. The molecule has 0 fully saturated rings. The molecular formula is C58H106N6O4. The van der Waals surface area contributed by atoms with Gasteiger partial charge in [0.25, 0.3) is 11.1 Å². The van der Waals surface area contributed by atoms with Gasteiger partial charge in [0, 0.05) is 50.2 Å². The summed E-state index contributed by atoms with van der Waals surface area (Å²) in [6.45, 7) is 15.5. The molecule has 0 N–H and O–H groups in total. The third-order valence-corrected chi connectivity index (χ3v) is 14.9. The van der Waals surface area contributed by atoms with E-state index < -0.39 is 0 Å². The lowest BCUT2D eigenvalue weighted by molar-refractivity contribution is 0.252. The number of aromatic nitrogens is 4. The Bertz CT molecular complexity index is 1740. The molecule has 0 unspecified atom stereocenters. The molecule has 0 spiro atoms. The van der Waals surface area contributed by atoms with Gasteiger partial charge in [0.05, 0.1) is 0 Å². The Hall–Kier alpha value is -2.72. The van der Waals surface area contributed by atoms with Gasteiger partial charge in [-0.15, -0.1) is 0 Å². The molecule has 10 nitrogen and oxygen atoms in total. The molecule has 3 heterocycles. The van der Waals surface area contributed by atoms with Crippen LogP contribution < -0.4 is 22.5 Å². The molecular weight excluding hydrogens is 845 g/mol. The summed E-state index contributed by atoms with van der Waals surface area (Å²) in [5.74, 6) is 0. The minimum Gasteiger partial charge on any atom is -0.303 e. The smallest absolute Gasteiger partial charge is 0.303 e. The van der Waals surface area contributed by atoms with Crippen molar-refractivity contribution in [2.75, 3.05) is 39.3 Å². The zero-order valence-electron chi connectivity index (χ0n) is 44.8. The predicted octanol–water partition coefficient (Wildman–Crippen LogP) is 13.3. The van der Waals surface area contributed by atoms with Crippen molar-refractivity contribution < 1.29 is 0 Å². The highest BCUT2D eigenvalue weighted by Gasteiger charge is 2.14. The summed E-state index contributed by atoms with van der Waals surface area (Å²) < 4.78 is 6.70. The standard InChI is InChI=1S/C58H106N6O4/c1-4-7-10-13-16-19-22-29-40-54-53-62-49-37-26-33-45-60(43-31-24-21-18-15-12-9-6-3)46-34-27-38-50-63-55(65)41-52-61(57(63)67)48-36-25-32-44-59(42-30-23-20-17-14-11-8-5-2)47-35-28-39-51-64(56(54)66)58(62)68/h41,52-53H,4-40,42-51H2,1-3H3. The van der Waals surface area contributed by atoms with E-state index in [1.165, 1.54) is 146 Å². The number of hydrogen-bond donors (Lipinski definition) is 0. The van der Waals surface area contributed by atoms with E-state index >= 15 is 0 Å². The number of aryl methyl sites for hydroxylation is 3. The van der Waals surface area contributed by atoms with Crippen LogP contribution in [-0.2, 0) is 32.6 Å². The molecule has 68 heavy (non-hydrogen) atoms. The average Bonchev–Trinajstić information content (AvgIpc) is 3.33. The Labute approximate surface area is 416 Å². The number of fused-ring (bicyclic) bond motifs is 4. The summed E-state index contributed by atoms with van der Waals surface area (Å²) in [5.41, 5.74) is 0.313. The van der Waals surface area contributed by atoms with Crippen molar-refractivity contribution in [1.29, 1.82) is 0 Å². The maximum atomic E-state index is 14.0. The van der Waals surface area contributed by atoms with Crippen LogP contribution >= 0.6 is 0 Å². The molecule has 10 heteroatoms. The van der Waals surface area contributed by atoms with Crippen molar-refractivity contribution in [1.82, 2.24) is 28.1 Å². The van der Waals surface area contributed by atoms with Crippen LogP contribution in [0.2, 0.25) is 0 Å². The van der Waals surface area contributed by atoms with E-state index in [-0.39, 0.29) is 22.5 Å². The first kappa shape index (κ1) is 59.6. The van der Waals surface area contributed by atoms with Crippen LogP contribution in [-0.4, -0.2) is 67.3 Å². The van der Waals surface area contributed by atoms with Gasteiger partial charge in [0.1, 0.15) is 0 Å². The summed E-state index contributed by atoms with van der Waals surface area (Å²) in [7, 11) is 0. The van der Waals surface area contributed by atoms with E-state index in [4.69, 9.17) is 0 Å². The lowest BCUT2D eigenvalue weighted by Gasteiger charge is -2.23. The topological polar surface area (TPSA) is 94.5 Å². The minimum atomic E-state index is -0.181. The lowest BCUT2D eigenvalue weighted by Crippen LogP contribution is -2.41. The third kappa shape index (κ3) is 26.5. The molecule has 392 valence electrons. The highest BCUT2D eigenvalue weighted by atomic mass is 16.2. The van der Waals surface area contributed by atoms with E-state index in [2.05, 4.69) is 30.6 Å². The van der Waals surface area contributed by atoms with Gasteiger partial charge in [-0.05, 0) is 116 Å². The Morgan fingerprint density at radius 1 is 0.368 bits per heavy atom. The van der Waals surface area contributed by atoms with E-state index in [1.54, 1.807) is 21.4 Å². The SMILES string of the molecule is CCCCCCCCCCc1cn2c(=O)n(c1=O)CCCCCN(CCCCCCCCCC)CCCCCn1ccc(=O)n(c1=O)CCCCCN(CCCCCCCCCC)CCCCC2. The van der Waals surface area contributed by atoms with Crippen LogP contribution in [0.25, 0.3) is 0 Å². The molecule has 1 aliphatic heterocycles. The number of nitrogens with zero attached hydrogens (tertiary/aromatic N) is 6. The Morgan fingerprint density at radius 3 is 1.18 bits per heavy atom. The van der Waals surface area contributed by atoms with Crippen LogP contribution in [0.1, 0.15) is 257 Å². The molecule has 4 bridgehead atoms. The molecule has 0 saturated heterocycles. The molecule has 2 aromatic heterocycles. The van der Waals surface area contributed by atoms with Gasteiger partial charge < -0.3 is 18.9 Å². The normalized spacial score (nSPS) is 16.4. The summed E-state index contributed by atoms with van der Waals surface area (Å²) >= 11 is 0. The molecule has 0 radical (unpaired) electrons. The molecule has 2 aromatic rings. The fraction of sp³-hybridized carbons (Fsp3) is 0.862. The average molecular weight is 952 g/mol. The highest BCUT2D eigenvalue weighted by molar-refractivity contribution is 5.06. The van der Waals surface area contributed by atoms with Crippen LogP contribution in [0.15, 0.2) is 37.6 Å². The predicted molar refractivity (Wildman–Crippen MR) is 290 cm³/mol. The van der Waals surface area contributed by atoms with Crippen molar-refractivity contribution in [3.05, 3.63) is 65.7 Å². The van der Waals surface area contributed by atoms with E-state index in [0.717, 1.165) is 141 Å². The Morgan fingerprint density at radius 2 is 0.721 bits per heavy atom. The van der Waals surface area contributed by atoms with Gasteiger partial charge in [-0.1, -0.05) is 181 Å². The molecule has 0 saturated carbocycles. The molecule has 0 amide bonds. The summed E-state index contributed by atoms with van der Waals surface area (Å²) in [5, 5.41) is 0. The van der Waals surface area contributed by atoms with Crippen LogP contribution in [0.5, 0.6) is 0 Å². The number of unbranched alkanes of at least 4 members (excludes halogenated alkanes) is 21. The zero-order valence-corrected chi connectivity index (χ0v) is 44.8. The first-order chi connectivity index (χ1) is 33.4. The van der Waals surface area contributed by atoms with E-state index in [9.17, 15) is 19.2 Å². The molecule has 0 atom stereocenters. The first-order valence-corrected chi connectivity index (χ1v) is 29.5. The van der Waals surface area contributed by atoms with E-state index in [0.29, 0.717) is 26.2 Å². The maximum Gasteiger partial charge on any atom is 0.330 e. The van der Waals surface area contributed by atoms with Gasteiger partial charge in [0.15, 0.2) is 0 Å². The maximum absolute atomic E-state index is 14.0. The lowest BCUT2D eigenvalue weighted by atomic mass is 10.1. The fourth-order valence-corrected chi connectivity index (χ4v) is 10.4. The van der Waals surface area contributed by atoms with Crippen LogP contribution in [0.3, 0.4) is 0 Å². The third-order valence-electron chi connectivity index (χ3n) is 14.9. The zero-order chi connectivity index (χ0) is 48.7. The second-order valence-electron chi connectivity index (χ2n) is 21.0. The molecule has 0 aliphatic carbocycles. The van der Waals surface area contributed by atoms with Crippen molar-refractivity contribution >= 4 is 0 Å². The van der Waals surface area contributed by atoms with Crippen molar-refractivity contribution in [3.63, 3.8) is 0 Å². The number of rotatable bonds is 27. The van der Waals surface area contributed by atoms with Crippen molar-refractivity contribution in [2.24, 2.45) is 0 Å². The summed E-state index contributed by atoms with van der Waals surface area (Å²) in [6, 6.07) is 1.58. The first-order valence-electron chi connectivity index (χ1n) is 29.5. The molecule has 3 rings (SSSR count). The number of hydrogen-bond acceptors (Lipinski definition) is 6. The second kappa shape index (κ2) is 39.9. The van der Waals surface area contributed by atoms with E-state index in [1.807, 2.05) is 10.8 Å². The Kier molecular flexibility index (Phi) is 35.0. The quantitative estimate of drug-likeness (QED) is 0.0828. The molecule has 1 aliphatic rings. The van der Waals surface area contributed by atoms with Gasteiger partial charge in [0.2, 0.25) is 0 Å². The largest absolute Gasteiger partial charge is 0.330 e. The second-order valence-corrected chi connectivity index (χ2v) is 21.0. The van der Waals surface area contributed by atoms with Crippen molar-refractivity contribution in [3.8, 4) is 0 Å².